The van der Waals surface area contributed by atoms with E-state index in [1.165, 1.54) is 24.3 Å². The Labute approximate surface area is 200 Å². The van der Waals surface area contributed by atoms with E-state index in [0.29, 0.717) is 27.2 Å². The van der Waals surface area contributed by atoms with Gasteiger partial charge >= 0.3 is 5.97 Å². The maximum absolute atomic E-state index is 12.9. The lowest BCUT2D eigenvalue weighted by Gasteiger charge is -2.11. The standard InChI is InChI=1S/C24H18ClN3O5S/c25-20-10-3-1-9-18(20)22-13-19(17-8-2-4-11-21(17)28-22)24(30)33-14-23(29)27-15-6-5-7-16(12-15)34(26,31)32/h1-13H,14H2,(H,27,29)(H2,26,31,32). The van der Waals surface area contributed by atoms with Crippen molar-refractivity contribution >= 4 is 50.1 Å². The smallest absolute Gasteiger partial charge is 0.339 e. The summed E-state index contributed by atoms with van der Waals surface area (Å²) in [6.45, 7) is -0.587. The molecule has 3 N–H and O–H groups in total. The zero-order chi connectivity index (χ0) is 24.3. The highest BCUT2D eigenvalue weighted by Gasteiger charge is 2.18. The summed E-state index contributed by atoms with van der Waals surface area (Å²) >= 11 is 6.31. The molecule has 0 aliphatic rings. The fourth-order valence-corrected chi connectivity index (χ4v) is 4.10. The molecule has 0 bridgehead atoms. The number of aromatic nitrogens is 1. The minimum Gasteiger partial charge on any atom is -0.452 e. The number of nitrogens with one attached hydrogen (secondary N) is 1. The van der Waals surface area contributed by atoms with Gasteiger partial charge in [0.1, 0.15) is 0 Å². The first kappa shape index (κ1) is 23.4. The van der Waals surface area contributed by atoms with Crippen LogP contribution in [0.25, 0.3) is 22.2 Å². The number of nitrogens with two attached hydrogens (primary N) is 1. The summed E-state index contributed by atoms with van der Waals surface area (Å²) in [4.78, 5) is 29.7. The summed E-state index contributed by atoms with van der Waals surface area (Å²) in [6.07, 6.45) is 0. The number of rotatable bonds is 6. The number of nitrogens with zero attached hydrogens (tertiary/aromatic N) is 1. The Balaban J connectivity index is 1.55. The third-order valence-corrected chi connectivity index (χ3v) is 6.11. The van der Waals surface area contributed by atoms with Gasteiger partial charge < -0.3 is 10.1 Å². The molecule has 0 spiro atoms. The largest absolute Gasteiger partial charge is 0.452 e. The summed E-state index contributed by atoms with van der Waals surface area (Å²) in [5.74, 6) is -1.37. The van der Waals surface area contributed by atoms with Gasteiger partial charge in [0.15, 0.2) is 6.61 Å². The Morgan fingerprint density at radius 1 is 0.971 bits per heavy atom. The van der Waals surface area contributed by atoms with E-state index in [4.69, 9.17) is 21.5 Å². The van der Waals surface area contributed by atoms with Crippen molar-refractivity contribution in [2.24, 2.45) is 5.14 Å². The zero-order valence-electron chi connectivity index (χ0n) is 17.6. The van der Waals surface area contributed by atoms with Gasteiger partial charge in [0.05, 0.1) is 21.7 Å². The van der Waals surface area contributed by atoms with Gasteiger partial charge in [0.2, 0.25) is 10.0 Å². The number of esters is 1. The van der Waals surface area contributed by atoms with Crippen LogP contribution in [0.15, 0.2) is 83.8 Å². The number of ether oxygens (including phenoxy) is 1. The van der Waals surface area contributed by atoms with Crippen molar-refractivity contribution in [1.82, 2.24) is 4.98 Å². The average Bonchev–Trinajstić information content (AvgIpc) is 2.82. The fraction of sp³-hybridized carbons (Fsp3) is 0.0417. The van der Waals surface area contributed by atoms with Crippen LogP contribution in [0.1, 0.15) is 10.4 Å². The second-order valence-electron chi connectivity index (χ2n) is 7.25. The van der Waals surface area contributed by atoms with Crippen molar-refractivity contribution in [3.8, 4) is 11.3 Å². The van der Waals surface area contributed by atoms with Crippen LogP contribution in [0, 0.1) is 0 Å². The average molecular weight is 496 g/mol. The Bertz CT molecular complexity index is 1520. The highest BCUT2D eigenvalue weighted by Crippen LogP contribution is 2.30. The number of amides is 1. The van der Waals surface area contributed by atoms with Gasteiger partial charge in [-0.2, -0.15) is 0 Å². The van der Waals surface area contributed by atoms with Crippen molar-refractivity contribution in [3.05, 3.63) is 89.4 Å². The number of halogens is 1. The number of benzene rings is 3. The van der Waals surface area contributed by atoms with Crippen LogP contribution in [-0.2, 0) is 19.6 Å². The number of anilines is 1. The molecule has 0 fully saturated rings. The van der Waals surface area contributed by atoms with Crippen LogP contribution in [-0.4, -0.2) is 31.9 Å². The third-order valence-electron chi connectivity index (χ3n) is 4.87. The number of para-hydroxylation sites is 1. The second-order valence-corrected chi connectivity index (χ2v) is 9.22. The molecule has 3 aromatic carbocycles. The lowest BCUT2D eigenvalue weighted by atomic mass is 10.0. The number of carbonyl (C=O) groups is 2. The van der Waals surface area contributed by atoms with E-state index in [1.807, 2.05) is 6.07 Å². The van der Waals surface area contributed by atoms with Gasteiger partial charge in [-0.1, -0.05) is 54.1 Å². The molecule has 34 heavy (non-hydrogen) atoms. The quantitative estimate of drug-likeness (QED) is 0.389. The summed E-state index contributed by atoms with van der Waals surface area (Å²) in [5.41, 5.74) is 2.13. The molecule has 0 radical (unpaired) electrons. The molecule has 0 unspecified atom stereocenters. The van der Waals surface area contributed by atoms with Gasteiger partial charge in [-0.05, 0) is 36.4 Å². The first-order chi connectivity index (χ1) is 16.2. The molecule has 0 saturated heterocycles. The number of primary sulfonamides is 1. The van der Waals surface area contributed by atoms with Crippen LogP contribution in [0.3, 0.4) is 0 Å². The van der Waals surface area contributed by atoms with E-state index in [0.717, 1.165) is 0 Å². The topological polar surface area (TPSA) is 128 Å². The van der Waals surface area contributed by atoms with E-state index >= 15 is 0 Å². The summed E-state index contributed by atoms with van der Waals surface area (Å²) in [7, 11) is -3.93. The Hall–Kier alpha value is -3.79. The highest BCUT2D eigenvalue weighted by atomic mass is 35.5. The molecule has 1 aromatic heterocycles. The molecule has 1 heterocycles. The van der Waals surface area contributed by atoms with Crippen LogP contribution < -0.4 is 10.5 Å². The SMILES string of the molecule is NS(=O)(=O)c1cccc(NC(=O)COC(=O)c2cc(-c3ccccc3Cl)nc3ccccc23)c1. The molecular weight excluding hydrogens is 478 g/mol. The van der Waals surface area contributed by atoms with Gasteiger partial charge in [0, 0.05) is 21.7 Å². The summed E-state index contributed by atoms with van der Waals surface area (Å²) in [6, 6.07) is 21.2. The molecule has 0 saturated carbocycles. The van der Waals surface area contributed by atoms with Crippen molar-refractivity contribution < 1.29 is 22.7 Å². The number of hydrogen-bond acceptors (Lipinski definition) is 6. The minimum atomic E-state index is -3.93. The molecule has 0 aliphatic heterocycles. The zero-order valence-corrected chi connectivity index (χ0v) is 19.1. The van der Waals surface area contributed by atoms with E-state index in [1.54, 1.807) is 48.5 Å². The first-order valence-corrected chi connectivity index (χ1v) is 11.9. The van der Waals surface area contributed by atoms with Gasteiger partial charge in [0.25, 0.3) is 5.91 Å². The molecular formula is C24H18ClN3O5S. The third kappa shape index (κ3) is 5.23. The van der Waals surface area contributed by atoms with E-state index in [2.05, 4.69) is 10.3 Å². The van der Waals surface area contributed by atoms with Crippen molar-refractivity contribution in [3.63, 3.8) is 0 Å². The molecule has 10 heteroatoms. The van der Waals surface area contributed by atoms with Crippen molar-refractivity contribution in [1.29, 1.82) is 0 Å². The van der Waals surface area contributed by atoms with Crippen LogP contribution in [0.5, 0.6) is 0 Å². The molecule has 0 aliphatic carbocycles. The molecule has 1 amide bonds. The Morgan fingerprint density at radius 3 is 2.47 bits per heavy atom. The fourth-order valence-electron chi connectivity index (χ4n) is 3.31. The van der Waals surface area contributed by atoms with E-state index in [-0.39, 0.29) is 16.1 Å². The Morgan fingerprint density at radius 2 is 1.71 bits per heavy atom. The molecule has 4 rings (SSSR count). The summed E-state index contributed by atoms with van der Waals surface area (Å²) < 4.78 is 28.2. The van der Waals surface area contributed by atoms with Gasteiger partial charge in [-0.25, -0.2) is 23.3 Å². The number of fused-ring (bicyclic) bond motifs is 1. The number of hydrogen-bond donors (Lipinski definition) is 2. The Kier molecular flexibility index (Phi) is 6.60. The number of carbonyl (C=O) groups excluding carboxylic acids is 2. The monoisotopic (exact) mass is 495 g/mol. The second kappa shape index (κ2) is 9.60. The van der Waals surface area contributed by atoms with Crippen molar-refractivity contribution in [2.45, 2.75) is 4.90 Å². The highest BCUT2D eigenvalue weighted by molar-refractivity contribution is 7.89. The van der Waals surface area contributed by atoms with Crippen LogP contribution in [0.4, 0.5) is 5.69 Å². The van der Waals surface area contributed by atoms with E-state index < -0.39 is 28.5 Å². The lowest BCUT2D eigenvalue weighted by molar-refractivity contribution is -0.119. The van der Waals surface area contributed by atoms with Crippen molar-refractivity contribution in [2.75, 3.05) is 11.9 Å². The van der Waals surface area contributed by atoms with Crippen LogP contribution >= 0.6 is 11.6 Å². The minimum absolute atomic E-state index is 0.155. The molecule has 172 valence electrons. The first-order valence-electron chi connectivity index (χ1n) is 9.97. The molecule has 8 nitrogen and oxygen atoms in total. The van der Waals surface area contributed by atoms with Gasteiger partial charge in [-0.3, -0.25) is 4.79 Å². The molecule has 0 atom stereocenters. The predicted molar refractivity (Wildman–Crippen MR) is 129 cm³/mol. The maximum atomic E-state index is 12.9. The number of pyridine rings is 1. The maximum Gasteiger partial charge on any atom is 0.339 e. The lowest BCUT2D eigenvalue weighted by Crippen LogP contribution is -2.21. The predicted octanol–water partition coefficient (Wildman–Crippen LogP) is 4.00. The normalized spacial score (nSPS) is 11.2. The number of sulfonamides is 1. The van der Waals surface area contributed by atoms with Crippen LogP contribution in [0.2, 0.25) is 5.02 Å². The van der Waals surface area contributed by atoms with Gasteiger partial charge in [-0.15, -0.1) is 0 Å². The summed E-state index contributed by atoms with van der Waals surface area (Å²) in [5, 5.41) is 8.62. The molecule has 4 aromatic rings. The van der Waals surface area contributed by atoms with E-state index in [9.17, 15) is 18.0 Å².